The number of hydrogen-bond acceptors (Lipinski definition) is 5. The summed E-state index contributed by atoms with van der Waals surface area (Å²) in [5, 5.41) is 7.61. The summed E-state index contributed by atoms with van der Waals surface area (Å²) >= 11 is 1.28. The fraction of sp³-hybridized carbons (Fsp3) is 0.500. The number of nitrogens with one attached hydrogen (secondary N) is 2. The second-order valence-corrected chi connectivity index (χ2v) is 4.67. The topological polar surface area (TPSA) is 67.4 Å². The molecule has 0 saturated carbocycles. The molecule has 0 unspecified atom stereocenters. The first-order chi connectivity index (χ1) is 8.65. The Balaban J connectivity index is 2.25. The van der Waals surface area contributed by atoms with E-state index < -0.39 is 0 Å². The summed E-state index contributed by atoms with van der Waals surface area (Å²) in [6, 6.07) is 1.63. The maximum absolute atomic E-state index is 11.7. The molecule has 0 aliphatic heterocycles. The lowest BCUT2D eigenvalue weighted by Gasteiger charge is -2.05. The predicted molar refractivity (Wildman–Crippen MR) is 71.4 cm³/mol. The minimum atomic E-state index is -0.138. The van der Waals surface area contributed by atoms with Crippen LogP contribution in [0.4, 0.5) is 0 Å². The van der Waals surface area contributed by atoms with Crippen molar-refractivity contribution in [1.29, 1.82) is 0 Å². The Bertz CT molecular complexity index is 404. The lowest BCUT2D eigenvalue weighted by atomic mass is 10.2. The highest BCUT2D eigenvalue weighted by molar-refractivity contribution is 7.12. The van der Waals surface area contributed by atoms with Gasteiger partial charge in [-0.1, -0.05) is 0 Å². The van der Waals surface area contributed by atoms with Crippen LogP contribution in [0.3, 0.4) is 0 Å². The Hall–Kier alpha value is -1.24. The van der Waals surface area contributed by atoms with Gasteiger partial charge in [-0.3, -0.25) is 9.59 Å². The average Bonchev–Trinajstić information content (AvgIpc) is 2.83. The van der Waals surface area contributed by atoms with Crippen LogP contribution in [-0.4, -0.2) is 45.0 Å². The molecule has 0 spiro atoms. The molecule has 0 aliphatic carbocycles. The molecule has 0 saturated heterocycles. The summed E-state index contributed by atoms with van der Waals surface area (Å²) in [5.41, 5.74) is 0.586. The molecule has 0 fully saturated rings. The van der Waals surface area contributed by atoms with Crippen LogP contribution in [-0.2, 0) is 4.74 Å². The number of amides is 1. The molecule has 6 heteroatoms. The van der Waals surface area contributed by atoms with E-state index in [9.17, 15) is 9.59 Å². The molecule has 2 N–H and O–H groups in total. The minimum Gasteiger partial charge on any atom is -0.383 e. The van der Waals surface area contributed by atoms with E-state index in [0.717, 1.165) is 6.54 Å². The van der Waals surface area contributed by atoms with E-state index in [2.05, 4.69) is 10.6 Å². The van der Waals surface area contributed by atoms with Gasteiger partial charge in [-0.15, -0.1) is 11.3 Å². The van der Waals surface area contributed by atoms with E-state index in [4.69, 9.17) is 4.74 Å². The maximum Gasteiger partial charge on any atom is 0.261 e. The Kier molecular flexibility index (Phi) is 6.56. The van der Waals surface area contributed by atoms with Gasteiger partial charge in [0.05, 0.1) is 11.5 Å². The highest BCUT2D eigenvalue weighted by Gasteiger charge is 2.10. The fourth-order valence-electron chi connectivity index (χ4n) is 1.29. The van der Waals surface area contributed by atoms with E-state index in [1.54, 1.807) is 18.6 Å². The summed E-state index contributed by atoms with van der Waals surface area (Å²) in [6.45, 7) is 4.15. The van der Waals surface area contributed by atoms with E-state index in [1.807, 2.05) is 0 Å². The van der Waals surface area contributed by atoms with Crippen LogP contribution in [0.1, 0.15) is 27.0 Å². The Morgan fingerprint density at radius 3 is 2.72 bits per heavy atom. The van der Waals surface area contributed by atoms with Crippen LogP contribution in [0, 0.1) is 0 Å². The normalized spacial score (nSPS) is 10.3. The zero-order chi connectivity index (χ0) is 13.4. The van der Waals surface area contributed by atoms with Gasteiger partial charge in [0.25, 0.3) is 5.91 Å². The predicted octanol–water partition coefficient (Wildman–Crippen LogP) is 0.916. The van der Waals surface area contributed by atoms with Gasteiger partial charge in [-0.05, 0) is 13.0 Å². The Morgan fingerprint density at radius 1 is 1.33 bits per heavy atom. The van der Waals surface area contributed by atoms with Crippen LogP contribution in [0.25, 0.3) is 0 Å². The largest absolute Gasteiger partial charge is 0.383 e. The average molecular weight is 270 g/mol. The Labute approximate surface area is 111 Å². The first-order valence-electron chi connectivity index (χ1n) is 5.72. The zero-order valence-corrected chi connectivity index (χ0v) is 11.4. The number of methoxy groups -OCH3 is 1. The van der Waals surface area contributed by atoms with Gasteiger partial charge in [-0.2, -0.15) is 0 Å². The summed E-state index contributed by atoms with van der Waals surface area (Å²) in [6.07, 6.45) is 0. The van der Waals surface area contributed by atoms with Gasteiger partial charge in [0.2, 0.25) is 0 Å². The third-order valence-corrected chi connectivity index (χ3v) is 3.23. The standard InChI is InChI=1S/C12H18N2O3S/c1-9(15)10-7-11(18-8-10)12(16)14-4-3-13-5-6-17-2/h7-8,13H,3-6H2,1-2H3,(H,14,16). The minimum absolute atomic E-state index is 0.0217. The van der Waals surface area contributed by atoms with Crippen molar-refractivity contribution in [3.63, 3.8) is 0 Å². The molecule has 1 aromatic rings. The van der Waals surface area contributed by atoms with E-state index in [1.165, 1.54) is 18.3 Å². The number of rotatable bonds is 8. The van der Waals surface area contributed by atoms with Crippen LogP contribution in [0.5, 0.6) is 0 Å². The number of carbonyl (C=O) groups is 2. The van der Waals surface area contributed by atoms with Crippen molar-refractivity contribution >= 4 is 23.0 Å². The highest BCUT2D eigenvalue weighted by atomic mass is 32.1. The van der Waals surface area contributed by atoms with Crippen molar-refractivity contribution in [2.45, 2.75) is 6.92 Å². The van der Waals surface area contributed by atoms with Crippen LogP contribution in [0.15, 0.2) is 11.4 Å². The molecule has 1 heterocycles. The van der Waals surface area contributed by atoms with Crippen LogP contribution < -0.4 is 10.6 Å². The van der Waals surface area contributed by atoms with E-state index >= 15 is 0 Å². The first kappa shape index (κ1) is 14.8. The monoisotopic (exact) mass is 270 g/mol. The summed E-state index contributed by atoms with van der Waals surface area (Å²) in [7, 11) is 1.65. The fourth-order valence-corrected chi connectivity index (χ4v) is 2.15. The molecule has 100 valence electrons. The molecule has 0 radical (unpaired) electrons. The second-order valence-electron chi connectivity index (χ2n) is 3.75. The van der Waals surface area contributed by atoms with E-state index in [-0.39, 0.29) is 11.7 Å². The van der Waals surface area contributed by atoms with Gasteiger partial charge in [0.1, 0.15) is 0 Å². The maximum atomic E-state index is 11.7. The summed E-state index contributed by atoms with van der Waals surface area (Å²) in [4.78, 5) is 23.4. The third kappa shape index (κ3) is 4.95. The van der Waals surface area contributed by atoms with Gasteiger partial charge >= 0.3 is 0 Å². The van der Waals surface area contributed by atoms with Gasteiger partial charge in [0, 0.05) is 37.7 Å². The quantitative estimate of drug-likeness (QED) is 0.544. The molecule has 0 atom stereocenters. The second kappa shape index (κ2) is 7.97. The van der Waals surface area contributed by atoms with Crippen LogP contribution >= 0.6 is 11.3 Å². The number of ether oxygens (including phenoxy) is 1. The van der Waals surface area contributed by atoms with Gasteiger partial charge < -0.3 is 15.4 Å². The number of carbonyl (C=O) groups excluding carboxylic acids is 2. The summed E-state index contributed by atoms with van der Waals surface area (Å²) < 4.78 is 4.88. The van der Waals surface area contributed by atoms with E-state index in [0.29, 0.717) is 30.1 Å². The molecule has 5 nitrogen and oxygen atoms in total. The lowest BCUT2D eigenvalue weighted by Crippen LogP contribution is -2.32. The number of ketones is 1. The van der Waals surface area contributed by atoms with Crippen molar-refractivity contribution in [2.24, 2.45) is 0 Å². The van der Waals surface area contributed by atoms with Crippen LogP contribution in [0.2, 0.25) is 0 Å². The Morgan fingerprint density at radius 2 is 2.11 bits per heavy atom. The molecular formula is C12H18N2O3S. The first-order valence-corrected chi connectivity index (χ1v) is 6.60. The number of hydrogen-bond donors (Lipinski definition) is 2. The molecule has 18 heavy (non-hydrogen) atoms. The van der Waals surface area contributed by atoms with Gasteiger partial charge in [0.15, 0.2) is 5.78 Å². The third-order valence-electron chi connectivity index (χ3n) is 2.30. The summed E-state index contributed by atoms with van der Waals surface area (Å²) in [5.74, 6) is -0.160. The van der Waals surface area contributed by atoms with Crippen molar-refractivity contribution < 1.29 is 14.3 Å². The number of thiophene rings is 1. The molecule has 0 aromatic carbocycles. The van der Waals surface area contributed by atoms with Crippen molar-refractivity contribution in [3.8, 4) is 0 Å². The lowest BCUT2D eigenvalue weighted by molar-refractivity contribution is 0.0957. The zero-order valence-electron chi connectivity index (χ0n) is 10.6. The molecule has 1 aromatic heterocycles. The smallest absolute Gasteiger partial charge is 0.261 e. The number of Topliss-reactive ketones (excluding diaryl/α,β-unsaturated/α-hetero) is 1. The molecule has 0 bridgehead atoms. The van der Waals surface area contributed by atoms with Crippen molar-refractivity contribution in [2.75, 3.05) is 33.4 Å². The van der Waals surface area contributed by atoms with Crippen molar-refractivity contribution in [3.05, 3.63) is 21.9 Å². The van der Waals surface area contributed by atoms with Gasteiger partial charge in [-0.25, -0.2) is 0 Å². The molecular weight excluding hydrogens is 252 g/mol. The van der Waals surface area contributed by atoms with Crippen molar-refractivity contribution in [1.82, 2.24) is 10.6 Å². The molecule has 0 aliphatic rings. The highest BCUT2D eigenvalue weighted by Crippen LogP contribution is 2.14. The molecule has 1 rings (SSSR count). The SMILES string of the molecule is COCCNCCNC(=O)c1cc(C(C)=O)cs1. The molecule has 1 amide bonds.